The maximum Gasteiger partial charge on any atom is 0.186 e. The van der Waals surface area contributed by atoms with Crippen molar-refractivity contribution in [2.24, 2.45) is 5.92 Å². The van der Waals surface area contributed by atoms with Crippen molar-refractivity contribution in [1.29, 1.82) is 0 Å². The van der Waals surface area contributed by atoms with Gasteiger partial charge in [-0.05, 0) is 31.7 Å². The molecule has 2 aliphatic rings. The number of nitrogens with zero attached hydrogens (tertiary/aromatic N) is 2. The number of rotatable bonds is 6. The summed E-state index contributed by atoms with van der Waals surface area (Å²) >= 11 is 1.86. The largest absolute Gasteiger partial charge is 0.378 e. The summed E-state index contributed by atoms with van der Waals surface area (Å²) in [7, 11) is 1.75. The molecule has 4 nitrogen and oxygen atoms in total. The van der Waals surface area contributed by atoms with Crippen LogP contribution in [0, 0.1) is 5.92 Å². The molecule has 2 unspecified atom stereocenters. The molecule has 1 aromatic heterocycles. The van der Waals surface area contributed by atoms with E-state index in [0.717, 1.165) is 30.7 Å². The van der Waals surface area contributed by atoms with Gasteiger partial charge < -0.3 is 15.0 Å². The number of nitrogens with one attached hydrogen (secondary N) is 1. The Kier molecular flexibility index (Phi) is 5.14. The third-order valence-electron chi connectivity index (χ3n) is 4.84. The van der Waals surface area contributed by atoms with Crippen molar-refractivity contribution >= 4 is 16.5 Å². The van der Waals surface area contributed by atoms with Gasteiger partial charge in [0.05, 0.1) is 12.3 Å². The molecule has 2 fully saturated rings. The molecule has 1 N–H and O–H groups in total. The Balaban J connectivity index is 1.78. The van der Waals surface area contributed by atoms with Crippen molar-refractivity contribution < 1.29 is 4.74 Å². The lowest BCUT2D eigenvalue weighted by atomic mass is 9.85. The fourth-order valence-electron chi connectivity index (χ4n) is 3.76. The van der Waals surface area contributed by atoms with Gasteiger partial charge in [0.15, 0.2) is 5.13 Å². The first-order valence-electron chi connectivity index (χ1n) is 8.28. The van der Waals surface area contributed by atoms with Crippen LogP contribution >= 0.6 is 11.3 Å². The number of methoxy groups -OCH3 is 1. The maximum absolute atomic E-state index is 5.33. The Morgan fingerprint density at radius 1 is 1.33 bits per heavy atom. The molecule has 0 spiro atoms. The van der Waals surface area contributed by atoms with Crippen LogP contribution in [0.1, 0.15) is 49.6 Å². The van der Waals surface area contributed by atoms with Crippen molar-refractivity contribution in [3.05, 3.63) is 10.6 Å². The Bertz CT molecular complexity index is 462. The second-order valence-corrected chi connectivity index (χ2v) is 7.24. The van der Waals surface area contributed by atoms with Gasteiger partial charge in [0, 0.05) is 31.1 Å². The van der Waals surface area contributed by atoms with E-state index < -0.39 is 0 Å². The second-order valence-electron chi connectivity index (χ2n) is 6.17. The Morgan fingerprint density at radius 3 is 3.00 bits per heavy atom. The zero-order chi connectivity index (χ0) is 14.7. The number of hydrogen-bond acceptors (Lipinski definition) is 5. The first-order valence-corrected chi connectivity index (χ1v) is 9.10. The average molecular weight is 309 g/mol. The van der Waals surface area contributed by atoms with Crippen molar-refractivity contribution in [2.75, 3.05) is 25.1 Å². The third kappa shape index (κ3) is 3.25. The molecule has 5 heteroatoms. The summed E-state index contributed by atoms with van der Waals surface area (Å²) in [4.78, 5) is 8.83. The van der Waals surface area contributed by atoms with Gasteiger partial charge in [-0.2, -0.15) is 0 Å². The van der Waals surface area contributed by atoms with Crippen LogP contribution in [0.15, 0.2) is 0 Å². The molecule has 2 atom stereocenters. The fourth-order valence-corrected chi connectivity index (χ4v) is 4.88. The molecular formula is C16H27N3OS. The van der Waals surface area contributed by atoms with Crippen LogP contribution in [0.5, 0.6) is 0 Å². The number of thiazole rings is 1. The number of hydrogen-bond donors (Lipinski definition) is 1. The van der Waals surface area contributed by atoms with Gasteiger partial charge in [0.2, 0.25) is 0 Å². The van der Waals surface area contributed by atoms with Gasteiger partial charge in [0.25, 0.3) is 0 Å². The average Bonchev–Trinajstić information content (AvgIpc) is 3.09. The van der Waals surface area contributed by atoms with Crippen LogP contribution in [0.2, 0.25) is 0 Å². The number of anilines is 1. The maximum atomic E-state index is 5.33. The van der Waals surface area contributed by atoms with Gasteiger partial charge in [-0.15, -0.1) is 11.3 Å². The van der Waals surface area contributed by atoms with E-state index >= 15 is 0 Å². The molecule has 118 valence electrons. The highest BCUT2D eigenvalue weighted by molar-refractivity contribution is 7.15. The predicted molar refractivity (Wildman–Crippen MR) is 87.9 cm³/mol. The molecule has 1 aliphatic heterocycles. The summed E-state index contributed by atoms with van der Waals surface area (Å²) in [5.41, 5.74) is 1.12. The first kappa shape index (κ1) is 15.3. The lowest BCUT2D eigenvalue weighted by Gasteiger charge is -2.31. The summed E-state index contributed by atoms with van der Waals surface area (Å²) in [5.74, 6) is 0.908. The summed E-state index contributed by atoms with van der Waals surface area (Å²) < 4.78 is 5.33. The van der Waals surface area contributed by atoms with Crippen LogP contribution in [0.4, 0.5) is 5.13 Å². The molecule has 1 aromatic rings. The van der Waals surface area contributed by atoms with Crippen molar-refractivity contribution in [1.82, 2.24) is 10.3 Å². The fraction of sp³-hybridized carbons (Fsp3) is 0.812. The van der Waals surface area contributed by atoms with Crippen molar-refractivity contribution in [3.8, 4) is 0 Å². The topological polar surface area (TPSA) is 37.4 Å². The van der Waals surface area contributed by atoms with E-state index in [1.54, 1.807) is 7.11 Å². The monoisotopic (exact) mass is 309 g/mol. The Hall–Kier alpha value is -0.650. The highest BCUT2D eigenvalue weighted by Crippen LogP contribution is 2.40. The molecule has 21 heavy (non-hydrogen) atoms. The van der Waals surface area contributed by atoms with Crippen molar-refractivity contribution in [2.45, 2.75) is 58.2 Å². The SMILES string of the molecule is CCNCc1sc(N2CCC3CCCCC32)nc1COC. The molecule has 0 aromatic carbocycles. The summed E-state index contributed by atoms with van der Waals surface area (Å²) in [6.45, 7) is 5.86. The molecule has 1 saturated carbocycles. The van der Waals surface area contributed by atoms with Gasteiger partial charge in [-0.25, -0.2) is 4.98 Å². The van der Waals surface area contributed by atoms with Gasteiger partial charge in [-0.3, -0.25) is 0 Å². The van der Waals surface area contributed by atoms with Crippen LogP contribution in [-0.4, -0.2) is 31.2 Å². The first-order chi connectivity index (χ1) is 10.3. The molecule has 2 heterocycles. The lowest BCUT2D eigenvalue weighted by Crippen LogP contribution is -2.34. The summed E-state index contributed by atoms with van der Waals surface area (Å²) in [6, 6.07) is 0.743. The van der Waals surface area contributed by atoms with Gasteiger partial charge in [0.1, 0.15) is 0 Å². The minimum Gasteiger partial charge on any atom is -0.378 e. The number of fused-ring (bicyclic) bond motifs is 1. The minimum absolute atomic E-state index is 0.624. The standard InChI is InChI=1S/C16H27N3OS/c1-3-17-10-15-13(11-20-2)18-16(21-15)19-9-8-12-6-4-5-7-14(12)19/h12,14,17H,3-11H2,1-2H3. The van der Waals surface area contributed by atoms with E-state index in [9.17, 15) is 0 Å². The van der Waals surface area contributed by atoms with Crippen molar-refractivity contribution in [3.63, 3.8) is 0 Å². The zero-order valence-electron chi connectivity index (χ0n) is 13.2. The van der Waals surface area contributed by atoms with E-state index in [0.29, 0.717) is 6.61 Å². The molecule has 0 amide bonds. The Labute approximate surface area is 131 Å². The van der Waals surface area contributed by atoms with E-state index in [2.05, 4.69) is 17.1 Å². The molecule has 1 aliphatic carbocycles. The van der Waals surface area contributed by atoms with Crippen LogP contribution < -0.4 is 10.2 Å². The predicted octanol–water partition coefficient (Wildman–Crippen LogP) is 3.17. The number of aromatic nitrogens is 1. The highest BCUT2D eigenvalue weighted by Gasteiger charge is 2.37. The van der Waals surface area contributed by atoms with E-state index in [-0.39, 0.29) is 0 Å². The van der Waals surface area contributed by atoms with E-state index in [1.807, 2.05) is 11.3 Å². The second kappa shape index (κ2) is 7.07. The quantitative estimate of drug-likeness (QED) is 0.876. The van der Waals surface area contributed by atoms with Gasteiger partial charge in [-0.1, -0.05) is 19.8 Å². The van der Waals surface area contributed by atoms with Crippen LogP contribution in [0.3, 0.4) is 0 Å². The molecular weight excluding hydrogens is 282 g/mol. The highest BCUT2D eigenvalue weighted by atomic mass is 32.1. The van der Waals surface area contributed by atoms with Gasteiger partial charge >= 0.3 is 0 Å². The van der Waals surface area contributed by atoms with Crippen LogP contribution in [0.25, 0.3) is 0 Å². The normalized spacial score (nSPS) is 25.3. The molecule has 0 radical (unpaired) electrons. The van der Waals surface area contributed by atoms with Crippen LogP contribution in [-0.2, 0) is 17.9 Å². The zero-order valence-corrected chi connectivity index (χ0v) is 14.0. The molecule has 0 bridgehead atoms. The third-order valence-corrected chi connectivity index (χ3v) is 5.97. The lowest BCUT2D eigenvalue weighted by molar-refractivity contribution is 0.181. The smallest absolute Gasteiger partial charge is 0.186 e. The number of ether oxygens (including phenoxy) is 1. The summed E-state index contributed by atoms with van der Waals surface area (Å²) in [5, 5.41) is 4.65. The Morgan fingerprint density at radius 2 is 2.19 bits per heavy atom. The molecule has 1 saturated heterocycles. The molecule has 3 rings (SSSR count). The van der Waals surface area contributed by atoms with E-state index in [4.69, 9.17) is 9.72 Å². The minimum atomic E-state index is 0.624. The summed E-state index contributed by atoms with van der Waals surface area (Å²) in [6.07, 6.45) is 6.94. The van der Waals surface area contributed by atoms with E-state index in [1.165, 1.54) is 48.7 Å².